The third kappa shape index (κ3) is 2.19. The third-order valence-corrected chi connectivity index (χ3v) is 5.02. The first-order valence-corrected chi connectivity index (χ1v) is 8.23. The molecule has 3 heterocycles. The summed E-state index contributed by atoms with van der Waals surface area (Å²) in [6.07, 6.45) is 5.29. The van der Waals surface area contributed by atoms with Gasteiger partial charge in [-0.3, -0.25) is 23.7 Å². The molecule has 0 bridgehead atoms. The van der Waals surface area contributed by atoms with E-state index in [1.807, 2.05) is 6.07 Å². The van der Waals surface area contributed by atoms with Crippen LogP contribution in [0.15, 0.2) is 45.4 Å². The predicted molar refractivity (Wildman–Crippen MR) is 92.5 cm³/mol. The highest BCUT2D eigenvalue weighted by Gasteiger charge is 2.38. The number of carbonyl (C=O) groups is 1. The summed E-state index contributed by atoms with van der Waals surface area (Å²) in [6.45, 7) is 0. The standard InChI is InChI=1S/C18H18N4O3/c1-21-16-15(17(24)22(2)18(21)25)13(10-5-4-8-19-9-10)14-11(20-16)6-3-7-12(14)23/h4-5,8-9,13,20H,3,6-7H2,1-2H3. The molecule has 1 unspecified atom stereocenters. The Bertz CT molecular complexity index is 1030. The van der Waals surface area contributed by atoms with Crippen LogP contribution in [-0.4, -0.2) is 19.9 Å². The van der Waals surface area contributed by atoms with E-state index in [0.29, 0.717) is 23.4 Å². The fourth-order valence-corrected chi connectivity index (χ4v) is 3.78. The molecule has 0 fully saturated rings. The van der Waals surface area contributed by atoms with Crippen molar-refractivity contribution in [2.75, 3.05) is 5.32 Å². The number of nitrogens with one attached hydrogen (secondary N) is 1. The van der Waals surface area contributed by atoms with Crippen LogP contribution < -0.4 is 16.6 Å². The number of ketones is 1. The topological polar surface area (TPSA) is 86.0 Å². The van der Waals surface area contributed by atoms with Crippen molar-refractivity contribution < 1.29 is 4.79 Å². The van der Waals surface area contributed by atoms with Crippen molar-refractivity contribution in [1.82, 2.24) is 14.1 Å². The van der Waals surface area contributed by atoms with Gasteiger partial charge < -0.3 is 5.32 Å². The minimum Gasteiger partial charge on any atom is -0.344 e. The van der Waals surface area contributed by atoms with Gasteiger partial charge in [-0.2, -0.15) is 0 Å². The van der Waals surface area contributed by atoms with Crippen LogP contribution in [0.2, 0.25) is 0 Å². The number of rotatable bonds is 1. The number of allylic oxidation sites excluding steroid dienone is 2. The van der Waals surface area contributed by atoms with Crippen molar-refractivity contribution in [3.8, 4) is 0 Å². The van der Waals surface area contributed by atoms with Crippen LogP contribution in [0, 0.1) is 0 Å². The normalized spacial score (nSPS) is 19.3. The maximum absolute atomic E-state index is 12.9. The van der Waals surface area contributed by atoms with E-state index < -0.39 is 11.6 Å². The fourth-order valence-electron chi connectivity index (χ4n) is 3.78. The highest BCUT2D eigenvalue weighted by molar-refractivity contribution is 6.00. The average molecular weight is 338 g/mol. The van der Waals surface area contributed by atoms with Gasteiger partial charge in [0, 0.05) is 50.1 Å². The van der Waals surface area contributed by atoms with Crippen LogP contribution in [0.3, 0.4) is 0 Å². The Morgan fingerprint density at radius 2 is 1.96 bits per heavy atom. The van der Waals surface area contributed by atoms with Crippen molar-refractivity contribution in [2.45, 2.75) is 25.2 Å². The first-order valence-electron chi connectivity index (χ1n) is 8.23. The highest BCUT2D eigenvalue weighted by atomic mass is 16.2. The van der Waals surface area contributed by atoms with Crippen molar-refractivity contribution in [1.29, 1.82) is 0 Å². The lowest BCUT2D eigenvalue weighted by Gasteiger charge is -2.34. The lowest BCUT2D eigenvalue weighted by molar-refractivity contribution is -0.116. The Balaban J connectivity index is 2.10. The molecule has 0 radical (unpaired) electrons. The van der Waals surface area contributed by atoms with Crippen LogP contribution in [0.25, 0.3) is 0 Å². The van der Waals surface area contributed by atoms with E-state index in [0.717, 1.165) is 28.7 Å². The summed E-state index contributed by atoms with van der Waals surface area (Å²) in [6, 6.07) is 3.65. The van der Waals surface area contributed by atoms with E-state index in [9.17, 15) is 14.4 Å². The van der Waals surface area contributed by atoms with Gasteiger partial charge in [0.15, 0.2) is 5.78 Å². The quantitative estimate of drug-likeness (QED) is 0.840. The number of hydrogen-bond acceptors (Lipinski definition) is 5. The highest BCUT2D eigenvalue weighted by Crippen LogP contribution is 2.42. The summed E-state index contributed by atoms with van der Waals surface area (Å²) >= 11 is 0. The van der Waals surface area contributed by atoms with Crippen LogP contribution in [0.1, 0.15) is 36.3 Å². The number of fused-ring (bicyclic) bond motifs is 1. The lowest BCUT2D eigenvalue weighted by atomic mass is 9.77. The number of Topliss-reactive ketones (excluding diaryl/α,β-unsaturated/α-hetero) is 1. The summed E-state index contributed by atoms with van der Waals surface area (Å²) in [4.78, 5) is 42.1. The minimum atomic E-state index is -0.502. The Morgan fingerprint density at radius 1 is 1.16 bits per heavy atom. The molecule has 0 aromatic carbocycles. The van der Waals surface area contributed by atoms with Gasteiger partial charge in [-0.1, -0.05) is 6.07 Å². The molecule has 2 aliphatic rings. The zero-order valence-corrected chi connectivity index (χ0v) is 14.1. The molecule has 2 aromatic heterocycles. The van der Waals surface area contributed by atoms with Gasteiger partial charge in [0.25, 0.3) is 5.56 Å². The van der Waals surface area contributed by atoms with E-state index in [1.54, 1.807) is 25.5 Å². The van der Waals surface area contributed by atoms with Crippen LogP contribution in [-0.2, 0) is 18.9 Å². The molecule has 128 valence electrons. The van der Waals surface area contributed by atoms with Gasteiger partial charge in [0.05, 0.1) is 5.56 Å². The SMILES string of the molecule is Cn1c2c(c(=O)n(C)c1=O)C(c1cccnc1)C1=C(CCCC1=O)N2. The summed E-state index contributed by atoms with van der Waals surface area (Å²) in [5.74, 6) is 0.0119. The number of hydrogen-bond donors (Lipinski definition) is 1. The number of anilines is 1. The smallest absolute Gasteiger partial charge is 0.332 e. The molecule has 0 saturated heterocycles. The van der Waals surface area contributed by atoms with Crippen molar-refractivity contribution in [2.24, 2.45) is 14.1 Å². The Hall–Kier alpha value is -2.96. The number of carbonyl (C=O) groups excluding carboxylic acids is 1. The lowest BCUT2D eigenvalue weighted by Crippen LogP contribution is -2.44. The van der Waals surface area contributed by atoms with Crippen LogP contribution in [0.5, 0.6) is 0 Å². The summed E-state index contributed by atoms with van der Waals surface area (Å²) < 4.78 is 2.52. The van der Waals surface area contributed by atoms with Crippen molar-refractivity contribution in [3.05, 3.63) is 67.8 Å². The van der Waals surface area contributed by atoms with E-state index in [4.69, 9.17) is 0 Å². The Labute approximate surface area is 143 Å². The fraction of sp³-hybridized carbons (Fsp3) is 0.333. The molecular formula is C18H18N4O3. The predicted octanol–water partition coefficient (Wildman–Crippen LogP) is 1.04. The van der Waals surface area contributed by atoms with Gasteiger partial charge in [0.1, 0.15) is 5.82 Å². The molecule has 25 heavy (non-hydrogen) atoms. The van der Waals surface area contributed by atoms with Gasteiger partial charge in [-0.15, -0.1) is 0 Å². The second kappa shape index (κ2) is 5.54. The molecule has 4 rings (SSSR count). The monoisotopic (exact) mass is 338 g/mol. The molecule has 0 saturated carbocycles. The molecule has 0 spiro atoms. The molecule has 7 heteroatoms. The van der Waals surface area contributed by atoms with Crippen LogP contribution in [0.4, 0.5) is 5.82 Å². The zero-order chi connectivity index (χ0) is 17.7. The van der Waals surface area contributed by atoms with Gasteiger partial charge >= 0.3 is 5.69 Å². The average Bonchev–Trinajstić information content (AvgIpc) is 2.64. The first kappa shape index (κ1) is 15.6. The largest absolute Gasteiger partial charge is 0.344 e. The van der Waals surface area contributed by atoms with Gasteiger partial charge in [-0.05, 0) is 24.5 Å². The third-order valence-electron chi connectivity index (χ3n) is 5.02. The molecular weight excluding hydrogens is 320 g/mol. The van der Waals surface area contributed by atoms with E-state index in [2.05, 4.69) is 10.3 Å². The van der Waals surface area contributed by atoms with E-state index >= 15 is 0 Å². The molecule has 1 atom stereocenters. The maximum Gasteiger partial charge on any atom is 0.332 e. The molecule has 1 aliphatic carbocycles. The van der Waals surface area contributed by atoms with E-state index in [1.165, 1.54) is 11.6 Å². The van der Waals surface area contributed by atoms with Gasteiger partial charge in [0.2, 0.25) is 0 Å². The summed E-state index contributed by atoms with van der Waals surface area (Å²) in [5.41, 5.74) is 1.86. The second-order valence-electron chi connectivity index (χ2n) is 6.48. The van der Waals surface area contributed by atoms with E-state index in [-0.39, 0.29) is 11.3 Å². The molecule has 7 nitrogen and oxygen atoms in total. The molecule has 0 amide bonds. The van der Waals surface area contributed by atoms with Crippen LogP contribution >= 0.6 is 0 Å². The molecule has 1 aliphatic heterocycles. The zero-order valence-electron chi connectivity index (χ0n) is 14.1. The summed E-state index contributed by atoms with van der Waals surface area (Å²) in [7, 11) is 3.09. The Kier molecular flexibility index (Phi) is 3.45. The minimum absolute atomic E-state index is 0.0455. The molecule has 1 N–H and O–H groups in total. The number of aromatic nitrogens is 3. The first-order chi connectivity index (χ1) is 12.0. The molecule has 2 aromatic rings. The number of nitrogens with zero attached hydrogens (tertiary/aromatic N) is 3. The maximum atomic E-state index is 12.9. The summed E-state index contributed by atoms with van der Waals surface area (Å²) in [5, 5.41) is 3.19. The Morgan fingerprint density at radius 3 is 2.68 bits per heavy atom. The van der Waals surface area contributed by atoms with Crippen molar-refractivity contribution in [3.63, 3.8) is 0 Å². The second-order valence-corrected chi connectivity index (χ2v) is 6.48. The van der Waals surface area contributed by atoms with Gasteiger partial charge in [-0.25, -0.2) is 4.79 Å². The van der Waals surface area contributed by atoms with Crippen molar-refractivity contribution >= 4 is 11.6 Å². The number of pyridine rings is 1.